The summed E-state index contributed by atoms with van der Waals surface area (Å²) in [5, 5.41) is 34.5. The molecular weight excluding hydrogens is 418 g/mol. The van der Waals surface area contributed by atoms with E-state index in [9.17, 15) is 34.5 Å². The monoisotopic (exact) mass is 441 g/mol. The highest BCUT2D eigenvalue weighted by Crippen LogP contribution is 2.39. The number of Topliss-reactive ketones (excluding diaryl/α,β-unsaturated/α-hetero) is 4. The first-order valence-corrected chi connectivity index (χ1v) is 10.2. The molecule has 2 aliphatic heterocycles. The van der Waals surface area contributed by atoms with E-state index in [1.165, 1.54) is 39.8 Å². The van der Waals surface area contributed by atoms with Crippen LogP contribution < -0.4 is 5.32 Å². The number of aryl methyl sites for hydroxylation is 1. The van der Waals surface area contributed by atoms with Crippen molar-refractivity contribution in [1.29, 1.82) is 0 Å². The summed E-state index contributed by atoms with van der Waals surface area (Å²) in [5.74, 6) is -4.82. The van der Waals surface area contributed by atoms with E-state index >= 15 is 0 Å². The Morgan fingerprint density at radius 2 is 1.72 bits per heavy atom. The number of aromatic hydroxyl groups is 1. The smallest absolute Gasteiger partial charge is 0.231 e. The summed E-state index contributed by atoms with van der Waals surface area (Å²) in [4.78, 5) is 52.9. The lowest BCUT2D eigenvalue weighted by molar-refractivity contribution is -0.154. The van der Waals surface area contributed by atoms with Crippen LogP contribution in [0.15, 0.2) is 29.2 Å². The molecule has 4 N–H and O–H groups in total. The number of carbonyl (C=O) groups is 4. The second-order valence-corrected chi connectivity index (χ2v) is 8.73. The van der Waals surface area contributed by atoms with Gasteiger partial charge in [0.05, 0.1) is 23.8 Å². The van der Waals surface area contributed by atoms with Crippen molar-refractivity contribution >= 4 is 23.1 Å². The lowest BCUT2D eigenvalue weighted by Crippen LogP contribution is -2.58. The molecule has 1 aliphatic carbocycles. The Hall–Kier alpha value is -3.30. The third-order valence-corrected chi connectivity index (χ3v) is 6.30. The van der Waals surface area contributed by atoms with Crippen LogP contribution in [0.5, 0.6) is 5.75 Å². The van der Waals surface area contributed by atoms with Crippen molar-refractivity contribution in [1.82, 2.24) is 5.32 Å². The summed E-state index contributed by atoms with van der Waals surface area (Å²) in [6, 6.07) is 1.33. The minimum absolute atomic E-state index is 0.0609. The molecule has 3 bridgehead atoms. The first-order chi connectivity index (χ1) is 14.9. The highest BCUT2D eigenvalue weighted by molar-refractivity contribution is 6.31. The number of rotatable bonds is 0. The third kappa shape index (κ3) is 2.92. The molecule has 0 aromatic heterocycles. The number of hydrogen-bond acceptors (Lipinski definition) is 9. The molecule has 0 amide bonds. The molecule has 3 aliphatic rings. The number of phenolic OH excluding ortho intramolecular Hbond substituents is 1. The van der Waals surface area contributed by atoms with Crippen molar-refractivity contribution in [2.75, 3.05) is 6.54 Å². The van der Waals surface area contributed by atoms with Gasteiger partial charge in [0.15, 0.2) is 17.1 Å². The van der Waals surface area contributed by atoms with Crippen LogP contribution in [0.4, 0.5) is 0 Å². The van der Waals surface area contributed by atoms with Gasteiger partial charge in [-0.3, -0.25) is 19.2 Å². The zero-order valence-electron chi connectivity index (χ0n) is 18.0. The number of ketones is 4. The standard InChI is InChI=1S/C23H23NO8/c1-8-5-9(2)17(27)20(30)22(31)23(4)7-24-14-18(28)11-6-10(3)16(26)13(15(8)25)12(11)19(29)21(14)32-23/h5-6,9,17,20,24,26-27,30H,7H2,1-4H3/t9-,17+,20-,23-/m0/s1. The van der Waals surface area contributed by atoms with Crippen LogP contribution >= 0.6 is 0 Å². The second kappa shape index (κ2) is 7.11. The van der Waals surface area contributed by atoms with Crippen molar-refractivity contribution in [3.63, 3.8) is 0 Å². The quantitative estimate of drug-likeness (QED) is 0.457. The van der Waals surface area contributed by atoms with Gasteiger partial charge in [-0.25, -0.2) is 0 Å². The number of nitrogens with one attached hydrogen (secondary N) is 1. The number of phenols is 1. The van der Waals surface area contributed by atoms with Crippen molar-refractivity contribution in [2.45, 2.75) is 45.5 Å². The summed E-state index contributed by atoms with van der Waals surface area (Å²) < 4.78 is 5.70. The molecule has 9 heteroatoms. The van der Waals surface area contributed by atoms with Gasteiger partial charge in [0.2, 0.25) is 17.3 Å². The number of aliphatic hydroxyl groups is 2. The number of carbonyl (C=O) groups excluding carboxylic acids is 4. The summed E-state index contributed by atoms with van der Waals surface area (Å²) in [5.41, 5.74) is -2.35. The predicted octanol–water partition coefficient (Wildman–Crippen LogP) is 0.739. The van der Waals surface area contributed by atoms with Crippen LogP contribution in [0.25, 0.3) is 0 Å². The van der Waals surface area contributed by atoms with Gasteiger partial charge in [-0.2, -0.15) is 0 Å². The molecule has 4 atom stereocenters. The number of ether oxygens (including phenoxy) is 1. The van der Waals surface area contributed by atoms with E-state index in [-0.39, 0.29) is 40.1 Å². The molecule has 0 fully saturated rings. The van der Waals surface area contributed by atoms with Gasteiger partial charge >= 0.3 is 0 Å². The Morgan fingerprint density at radius 3 is 2.38 bits per heavy atom. The lowest BCUT2D eigenvalue weighted by atomic mass is 9.82. The van der Waals surface area contributed by atoms with Gasteiger partial charge in [0, 0.05) is 11.5 Å². The van der Waals surface area contributed by atoms with Crippen molar-refractivity contribution in [3.8, 4) is 5.75 Å². The van der Waals surface area contributed by atoms with Crippen LogP contribution in [0.1, 0.15) is 57.4 Å². The average molecular weight is 441 g/mol. The van der Waals surface area contributed by atoms with Crippen molar-refractivity contribution in [3.05, 3.63) is 51.4 Å². The number of benzene rings is 1. The van der Waals surface area contributed by atoms with Crippen molar-refractivity contribution in [2.24, 2.45) is 5.92 Å². The summed E-state index contributed by atoms with van der Waals surface area (Å²) in [6.07, 6.45) is -2.09. The maximum Gasteiger partial charge on any atom is 0.231 e. The van der Waals surface area contributed by atoms with E-state index in [0.29, 0.717) is 0 Å². The zero-order chi connectivity index (χ0) is 23.7. The molecule has 0 spiro atoms. The first-order valence-electron chi connectivity index (χ1n) is 10.2. The van der Waals surface area contributed by atoms with Gasteiger partial charge in [-0.05, 0) is 38.0 Å². The SMILES string of the molecule is CC1=C[C@H](C)[C@@H](O)[C@H](O)C(=O)[C@]2(C)CNC3=C(O2)C(=O)c2c(cc(C)c(O)c2C1=O)C3=O. The van der Waals surface area contributed by atoms with Gasteiger partial charge in [0.25, 0.3) is 0 Å². The molecule has 0 radical (unpaired) electrons. The minimum Gasteiger partial charge on any atom is -0.507 e. The first kappa shape index (κ1) is 21.9. The van der Waals surface area contributed by atoms with Crippen LogP contribution in [0.3, 0.4) is 0 Å². The molecular formula is C23H23NO8. The number of hydrogen-bond donors (Lipinski definition) is 4. The van der Waals surface area contributed by atoms with E-state index in [1.807, 2.05) is 0 Å². The molecule has 9 nitrogen and oxygen atoms in total. The normalized spacial score (nSPS) is 30.2. The molecule has 1 aromatic rings. The van der Waals surface area contributed by atoms with E-state index in [4.69, 9.17) is 4.74 Å². The van der Waals surface area contributed by atoms with E-state index < -0.39 is 58.4 Å². The summed E-state index contributed by atoms with van der Waals surface area (Å²) in [6.45, 7) is 5.54. The molecule has 2 heterocycles. The van der Waals surface area contributed by atoms with E-state index in [0.717, 1.165) is 0 Å². The Labute approximate surface area is 183 Å². The van der Waals surface area contributed by atoms with Crippen molar-refractivity contribution < 1.29 is 39.2 Å². The van der Waals surface area contributed by atoms with Gasteiger partial charge in [-0.1, -0.05) is 13.0 Å². The maximum absolute atomic E-state index is 13.4. The average Bonchev–Trinajstić information content (AvgIpc) is 2.76. The molecule has 1 aromatic carbocycles. The number of allylic oxidation sites excluding steroid dienone is 3. The largest absolute Gasteiger partial charge is 0.507 e. The Balaban J connectivity index is 2.06. The second-order valence-electron chi connectivity index (χ2n) is 8.73. The van der Waals surface area contributed by atoms with Crippen LogP contribution in [-0.4, -0.2) is 62.8 Å². The molecule has 0 saturated carbocycles. The molecule has 4 rings (SSSR count). The Morgan fingerprint density at radius 1 is 1.06 bits per heavy atom. The van der Waals surface area contributed by atoms with Gasteiger partial charge in [0.1, 0.15) is 17.6 Å². The topological polar surface area (TPSA) is 150 Å². The Kier molecular flexibility index (Phi) is 4.87. The molecule has 0 saturated heterocycles. The Bertz CT molecular complexity index is 1180. The van der Waals surface area contributed by atoms with E-state index in [2.05, 4.69) is 5.32 Å². The van der Waals surface area contributed by atoms with Crippen LogP contribution in [0, 0.1) is 12.8 Å². The fourth-order valence-corrected chi connectivity index (χ4v) is 4.34. The number of aliphatic hydroxyl groups excluding tert-OH is 2. The fourth-order valence-electron chi connectivity index (χ4n) is 4.34. The predicted molar refractivity (Wildman–Crippen MR) is 110 cm³/mol. The maximum atomic E-state index is 13.4. The minimum atomic E-state index is -1.87. The van der Waals surface area contributed by atoms with Crippen LogP contribution in [0.2, 0.25) is 0 Å². The van der Waals surface area contributed by atoms with Gasteiger partial charge in [-0.15, -0.1) is 0 Å². The fraction of sp³-hybridized carbons (Fsp3) is 0.391. The zero-order valence-corrected chi connectivity index (χ0v) is 18.0. The summed E-state index contributed by atoms with van der Waals surface area (Å²) >= 11 is 0. The molecule has 168 valence electrons. The highest BCUT2D eigenvalue weighted by Gasteiger charge is 2.50. The molecule has 0 unspecified atom stereocenters. The van der Waals surface area contributed by atoms with Crippen LogP contribution in [-0.2, 0) is 9.53 Å². The molecule has 32 heavy (non-hydrogen) atoms. The third-order valence-electron chi connectivity index (χ3n) is 6.30. The van der Waals surface area contributed by atoms with Gasteiger partial charge < -0.3 is 25.4 Å². The lowest BCUT2D eigenvalue weighted by Gasteiger charge is -2.39. The summed E-state index contributed by atoms with van der Waals surface area (Å²) in [7, 11) is 0. The van der Waals surface area contributed by atoms with E-state index in [1.54, 1.807) is 0 Å². The highest BCUT2D eigenvalue weighted by atomic mass is 16.5. The number of fused-ring (bicyclic) bond motifs is 1.